The van der Waals surface area contributed by atoms with E-state index in [0.717, 1.165) is 11.5 Å². The van der Waals surface area contributed by atoms with Gasteiger partial charge in [0.15, 0.2) is 11.5 Å². The van der Waals surface area contributed by atoms with E-state index in [4.69, 9.17) is 15.2 Å². The highest BCUT2D eigenvalue weighted by Gasteiger charge is 2.17. The summed E-state index contributed by atoms with van der Waals surface area (Å²) >= 11 is 1.80. The molecule has 0 radical (unpaired) electrons. The first-order chi connectivity index (χ1) is 9.70. The van der Waals surface area contributed by atoms with E-state index in [9.17, 15) is 4.79 Å². The van der Waals surface area contributed by atoms with Crippen molar-refractivity contribution in [1.29, 1.82) is 0 Å². The average molecular weight is 296 g/mol. The van der Waals surface area contributed by atoms with Crippen LogP contribution in [0.5, 0.6) is 11.5 Å². The Bertz CT molecular complexity index is 480. The number of ether oxygens (including phenoxy) is 2. The number of anilines is 2. The standard InChI is InChI=1S/C14H20N2O3S/c1-2-3-5-20-6-4-14(17)16-11-8-13-12(7-10(11)15)18-9-19-13/h7-8H,2-6,9,15H2,1H3,(H,16,17). The second-order valence-electron chi connectivity index (χ2n) is 4.56. The van der Waals surface area contributed by atoms with Crippen molar-refractivity contribution in [1.82, 2.24) is 0 Å². The molecule has 1 aliphatic heterocycles. The molecule has 0 unspecified atom stereocenters. The van der Waals surface area contributed by atoms with Crippen molar-refractivity contribution < 1.29 is 14.3 Å². The maximum atomic E-state index is 11.8. The highest BCUT2D eigenvalue weighted by atomic mass is 32.2. The van der Waals surface area contributed by atoms with Crippen LogP contribution in [0.1, 0.15) is 26.2 Å². The van der Waals surface area contributed by atoms with E-state index < -0.39 is 0 Å². The molecule has 0 aromatic heterocycles. The Morgan fingerprint density at radius 2 is 2.10 bits per heavy atom. The zero-order chi connectivity index (χ0) is 14.4. The zero-order valence-corrected chi connectivity index (χ0v) is 12.4. The first kappa shape index (κ1) is 14.8. The molecule has 3 N–H and O–H groups in total. The summed E-state index contributed by atoms with van der Waals surface area (Å²) in [6.07, 6.45) is 2.87. The predicted molar refractivity (Wildman–Crippen MR) is 82.5 cm³/mol. The number of nitrogen functional groups attached to an aromatic ring is 1. The van der Waals surface area contributed by atoms with Crippen molar-refractivity contribution in [2.45, 2.75) is 26.2 Å². The smallest absolute Gasteiger partial charge is 0.231 e. The first-order valence-corrected chi connectivity index (χ1v) is 7.93. The number of hydrogen-bond acceptors (Lipinski definition) is 5. The molecule has 0 bridgehead atoms. The number of nitrogens with one attached hydrogen (secondary N) is 1. The van der Waals surface area contributed by atoms with E-state index >= 15 is 0 Å². The minimum Gasteiger partial charge on any atom is -0.454 e. The van der Waals surface area contributed by atoms with Crippen LogP contribution in [-0.2, 0) is 4.79 Å². The van der Waals surface area contributed by atoms with Gasteiger partial charge in [-0.25, -0.2) is 0 Å². The molecule has 0 saturated carbocycles. The van der Waals surface area contributed by atoms with Gasteiger partial charge in [-0.15, -0.1) is 0 Å². The van der Waals surface area contributed by atoms with Gasteiger partial charge in [-0.05, 0) is 12.2 Å². The molecule has 0 aliphatic carbocycles. The van der Waals surface area contributed by atoms with Gasteiger partial charge in [-0.2, -0.15) is 11.8 Å². The predicted octanol–water partition coefficient (Wildman–Crippen LogP) is 2.86. The number of unbranched alkanes of at least 4 members (excludes halogenated alkanes) is 1. The first-order valence-electron chi connectivity index (χ1n) is 6.77. The Morgan fingerprint density at radius 1 is 1.35 bits per heavy atom. The van der Waals surface area contributed by atoms with Crippen molar-refractivity contribution in [3.63, 3.8) is 0 Å². The molecule has 1 aliphatic rings. The summed E-state index contributed by atoms with van der Waals surface area (Å²) in [5, 5.41) is 2.82. The Balaban J connectivity index is 1.82. The SMILES string of the molecule is CCCCSCCC(=O)Nc1cc2c(cc1N)OCO2. The van der Waals surface area contributed by atoms with E-state index in [1.807, 2.05) is 0 Å². The third kappa shape index (κ3) is 3.96. The second-order valence-corrected chi connectivity index (χ2v) is 5.78. The highest BCUT2D eigenvalue weighted by molar-refractivity contribution is 7.99. The lowest BCUT2D eigenvalue weighted by atomic mass is 10.2. The fourth-order valence-electron chi connectivity index (χ4n) is 1.79. The van der Waals surface area contributed by atoms with Crippen LogP contribution in [0.15, 0.2) is 12.1 Å². The summed E-state index contributed by atoms with van der Waals surface area (Å²) in [5.74, 6) is 3.15. The van der Waals surface area contributed by atoms with Gasteiger partial charge in [0, 0.05) is 24.3 Å². The molecule has 0 saturated heterocycles. The number of fused-ring (bicyclic) bond motifs is 1. The lowest BCUT2D eigenvalue weighted by Gasteiger charge is -2.09. The Morgan fingerprint density at radius 3 is 2.85 bits per heavy atom. The fraction of sp³-hybridized carbons (Fsp3) is 0.500. The van der Waals surface area contributed by atoms with Crippen LogP contribution < -0.4 is 20.5 Å². The maximum absolute atomic E-state index is 11.8. The van der Waals surface area contributed by atoms with Crippen molar-refractivity contribution in [3.05, 3.63) is 12.1 Å². The molecule has 0 fully saturated rings. The highest BCUT2D eigenvalue weighted by Crippen LogP contribution is 2.38. The van der Waals surface area contributed by atoms with Crippen LogP contribution in [-0.4, -0.2) is 24.2 Å². The molecule has 2 rings (SSSR count). The van der Waals surface area contributed by atoms with E-state index in [2.05, 4.69) is 12.2 Å². The number of benzene rings is 1. The molecule has 5 nitrogen and oxygen atoms in total. The lowest BCUT2D eigenvalue weighted by molar-refractivity contribution is -0.115. The van der Waals surface area contributed by atoms with E-state index in [1.165, 1.54) is 12.8 Å². The monoisotopic (exact) mass is 296 g/mol. The zero-order valence-electron chi connectivity index (χ0n) is 11.6. The third-order valence-electron chi connectivity index (χ3n) is 2.93. The summed E-state index contributed by atoms with van der Waals surface area (Å²) in [5.41, 5.74) is 6.95. The molecular formula is C14H20N2O3S. The molecule has 0 atom stereocenters. The average Bonchev–Trinajstić information content (AvgIpc) is 2.86. The summed E-state index contributed by atoms with van der Waals surface area (Å²) in [7, 11) is 0. The number of nitrogens with two attached hydrogens (primary N) is 1. The number of carbonyl (C=O) groups is 1. The summed E-state index contributed by atoms with van der Waals surface area (Å²) < 4.78 is 10.5. The van der Waals surface area contributed by atoms with Crippen molar-refractivity contribution in [3.8, 4) is 11.5 Å². The van der Waals surface area contributed by atoms with Crippen molar-refractivity contribution in [2.24, 2.45) is 0 Å². The van der Waals surface area contributed by atoms with E-state index in [1.54, 1.807) is 23.9 Å². The van der Waals surface area contributed by atoms with Crippen LogP contribution in [0.4, 0.5) is 11.4 Å². The minimum absolute atomic E-state index is 0.0282. The van der Waals surface area contributed by atoms with Gasteiger partial charge in [0.1, 0.15) is 0 Å². The van der Waals surface area contributed by atoms with E-state index in [-0.39, 0.29) is 12.7 Å². The molecule has 1 aromatic rings. The normalized spacial score (nSPS) is 12.4. The van der Waals surface area contributed by atoms with Crippen LogP contribution >= 0.6 is 11.8 Å². The lowest BCUT2D eigenvalue weighted by Crippen LogP contribution is -2.13. The molecule has 0 spiro atoms. The van der Waals surface area contributed by atoms with Gasteiger partial charge in [0.25, 0.3) is 0 Å². The number of rotatable bonds is 7. The van der Waals surface area contributed by atoms with Crippen LogP contribution in [0, 0.1) is 0 Å². The fourth-order valence-corrected chi connectivity index (χ4v) is 2.82. The Kier molecular flexibility index (Phi) is 5.40. The Labute approximate surface area is 123 Å². The number of carbonyl (C=O) groups excluding carboxylic acids is 1. The molecule has 1 heterocycles. The van der Waals surface area contributed by atoms with Crippen LogP contribution in [0.25, 0.3) is 0 Å². The van der Waals surface area contributed by atoms with Crippen molar-refractivity contribution in [2.75, 3.05) is 29.3 Å². The van der Waals surface area contributed by atoms with Crippen LogP contribution in [0.3, 0.4) is 0 Å². The van der Waals surface area contributed by atoms with Gasteiger partial charge in [0.05, 0.1) is 11.4 Å². The van der Waals surface area contributed by atoms with Gasteiger partial charge < -0.3 is 20.5 Å². The number of thioether (sulfide) groups is 1. The maximum Gasteiger partial charge on any atom is 0.231 e. The second kappa shape index (κ2) is 7.28. The summed E-state index contributed by atoms with van der Waals surface area (Å²) in [6.45, 7) is 2.36. The number of amides is 1. The summed E-state index contributed by atoms with van der Waals surface area (Å²) in [4.78, 5) is 11.8. The third-order valence-corrected chi connectivity index (χ3v) is 4.00. The van der Waals surface area contributed by atoms with Gasteiger partial charge in [0.2, 0.25) is 12.7 Å². The quantitative estimate of drug-likeness (QED) is 0.598. The topological polar surface area (TPSA) is 73.6 Å². The van der Waals surface area contributed by atoms with Gasteiger partial charge >= 0.3 is 0 Å². The molecular weight excluding hydrogens is 276 g/mol. The largest absolute Gasteiger partial charge is 0.454 e. The molecule has 1 aromatic carbocycles. The van der Waals surface area contributed by atoms with Crippen LogP contribution in [0.2, 0.25) is 0 Å². The number of hydrogen-bond donors (Lipinski definition) is 2. The van der Waals surface area contributed by atoms with E-state index in [0.29, 0.717) is 29.3 Å². The van der Waals surface area contributed by atoms with Gasteiger partial charge in [-0.1, -0.05) is 13.3 Å². The van der Waals surface area contributed by atoms with Crippen molar-refractivity contribution >= 4 is 29.0 Å². The van der Waals surface area contributed by atoms with Gasteiger partial charge in [-0.3, -0.25) is 4.79 Å². The molecule has 6 heteroatoms. The molecule has 110 valence electrons. The molecule has 20 heavy (non-hydrogen) atoms. The summed E-state index contributed by atoms with van der Waals surface area (Å²) in [6, 6.07) is 3.38. The minimum atomic E-state index is -0.0282. The Hall–Kier alpha value is -1.56. The molecule has 1 amide bonds.